The SMILES string of the molecule is COC(=O)NC(=O)c1ccsc1NC(=O)c1cc2ccccc2oc1=O. The van der Waals surface area contributed by atoms with Gasteiger partial charge in [0, 0.05) is 5.39 Å². The molecule has 0 saturated carbocycles. The molecule has 0 atom stereocenters. The van der Waals surface area contributed by atoms with Crippen LogP contribution in [0.4, 0.5) is 9.80 Å². The number of rotatable bonds is 3. The maximum atomic E-state index is 12.4. The Morgan fingerprint density at radius 3 is 2.62 bits per heavy atom. The maximum absolute atomic E-state index is 12.4. The van der Waals surface area contributed by atoms with Gasteiger partial charge in [0.2, 0.25) is 0 Å². The van der Waals surface area contributed by atoms with E-state index < -0.39 is 23.5 Å². The number of nitrogens with one attached hydrogen (secondary N) is 2. The molecule has 0 aliphatic carbocycles. The number of fused-ring (bicyclic) bond motifs is 1. The van der Waals surface area contributed by atoms with Crippen molar-refractivity contribution in [3.63, 3.8) is 0 Å². The van der Waals surface area contributed by atoms with Gasteiger partial charge in [-0.25, -0.2) is 9.59 Å². The first-order valence-corrected chi connectivity index (χ1v) is 8.18. The minimum absolute atomic E-state index is 0.0685. The van der Waals surface area contributed by atoms with Crippen LogP contribution in [0.5, 0.6) is 0 Å². The summed E-state index contributed by atoms with van der Waals surface area (Å²) >= 11 is 1.07. The van der Waals surface area contributed by atoms with Gasteiger partial charge in [-0.15, -0.1) is 11.3 Å². The molecule has 9 heteroatoms. The van der Waals surface area contributed by atoms with Crippen LogP contribution in [0.2, 0.25) is 0 Å². The van der Waals surface area contributed by atoms with Crippen LogP contribution in [0, 0.1) is 0 Å². The number of carbonyl (C=O) groups excluding carboxylic acids is 3. The third-order valence-electron chi connectivity index (χ3n) is 3.42. The highest BCUT2D eigenvalue weighted by atomic mass is 32.1. The Balaban J connectivity index is 1.87. The van der Waals surface area contributed by atoms with Crippen LogP contribution in [0.3, 0.4) is 0 Å². The fourth-order valence-electron chi connectivity index (χ4n) is 2.19. The molecule has 2 heterocycles. The van der Waals surface area contributed by atoms with Crippen LogP contribution in [0.1, 0.15) is 20.7 Å². The van der Waals surface area contributed by atoms with Crippen LogP contribution < -0.4 is 16.3 Å². The summed E-state index contributed by atoms with van der Waals surface area (Å²) in [6.07, 6.45) is -0.923. The highest BCUT2D eigenvalue weighted by Gasteiger charge is 2.20. The second-order valence-electron chi connectivity index (χ2n) is 5.05. The fraction of sp³-hybridized carbons (Fsp3) is 0.0588. The van der Waals surface area contributed by atoms with Gasteiger partial charge in [-0.2, -0.15) is 0 Å². The predicted molar refractivity (Wildman–Crippen MR) is 94.6 cm³/mol. The zero-order valence-electron chi connectivity index (χ0n) is 13.4. The van der Waals surface area contributed by atoms with Crippen molar-refractivity contribution < 1.29 is 23.5 Å². The summed E-state index contributed by atoms with van der Waals surface area (Å²) in [5.41, 5.74) is -0.558. The number of hydrogen-bond donors (Lipinski definition) is 2. The zero-order chi connectivity index (χ0) is 18.7. The number of benzene rings is 1. The third-order valence-corrected chi connectivity index (χ3v) is 4.25. The quantitative estimate of drug-likeness (QED) is 0.683. The van der Waals surface area contributed by atoms with E-state index in [0.29, 0.717) is 11.0 Å². The normalized spacial score (nSPS) is 10.3. The number of hydrogen-bond acceptors (Lipinski definition) is 7. The molecule has 2 N–H and O–H groups in total. The number of ether oxygens (including phenoxy) is 1. The van der Waals surface area contributed by atoms with Crippen molar-refractivity contribution in [1.29, 1.82) is 0 Å². The number of amides is 3. The van der Waals surface area contributed by atoms with Gasteiger partial charge in [0.1, 0.15) is 16.1 Å². The first kappa shape index (κ1) is 17.4. The van der Waals surface area contributed by atoms with E-state index in [4.69, 9.17) is 4.42 Å². The van der Waals surface area contributed by atoms with Crippen LogP contribution in [0.15, 0.2) is 51.0 Å². The lowest BCUT2D eigenvalue weighted by atomic mass is 10.2. The second kappa shape index (κ2) is 7.19. The molecule has 0 saturated heterocycles. The van der Waals surface area contributed by atoms with Crippen LogP contribution in [-0.4, -0.2) is 25.0 Å². The lowest BCUT2D eigenvalue weighted by molar-refractivity contribution is 0.0938. The Labute approximate surface area is 150 Å². The van der Waals surface area contributed by atoms with E-state index in [1.807, 2.05) is 5.32 Å². The molecule has 8 nitrogen and oxygen atoms in total. The third kappa shape index (κ3) is 3.47. The molecule has 0 fully saturated rings. The summed E-state index contributed by atoms with van der Waals surface area (Å²) in [5, 5.41) is 6.82. The Morgan fingerprint density at radius 1 is 1.08 bits per heavy atom. The lowest BCUT2D eigenvalue weighted by Crippen LogP contribution is -2.30. The topological polar surface area (TPSA) is 115 Å². The number of thiophene rings is 1. The van der Waals surface area contributed by atoms with Crippen molar-refractivity contribution in [3.8, 4) is 0 Å². The van der Waals surface area contributed by atoms with E-state index in [0.717, 1.165) is 18.4 Å². The molecule has 0 aliphatic rings. The molecular weight excluding hydrogens is 360 g/mol. The van der Waals surface area contributed by atoms with E-state index in [-0.39, 0.29) is 16.1 Å². The van der Waals surface area contributed by atoms with Crippen LogP contribution in [0.25, 0.3) is 11.0 Å². The summed E-state index contributed by atoms with van der Waals surface area (Å²) in [7, 11) is 1.12. The first-order chi connectivity index (χ1) is 12.5. The van der Waals surface area contributed by atoms with Crippen molar-refractivity contribution in [3.05, 3.63) is 63.3 Å². The van der Waals surface area contributed by atoms with E-state index in [1.165, 1.54) is 12.1 Å². The molecule has 3 amide bonds. The highest BCUT2D eigenvalue weighted by Crippen LogP contribution is 2.24. The molecule has 26 heavy (non-hydrogen) atoms. The molecule has 0 bridgehead atoms. The molecule has 3 aromatic rings. The first-order valence-electron chi connectivity index (χ1n) is 7.30. The molecular formula is C17H12N2O6S. The standard InChI is InChI=1S/C17H12N2O6S/c1-24-17(23)19-13(20)10-6-7-26-15(10)18-14(21)11-8-9-4-2-3-5-12(9)25-16(11)22/h2-8H,1H3,(H,18,21)(H,19,20,23). The van der Waals surface area contributed by atoms with Gasteiger partial charge in [-0.05, 0) is 23.6 Å². The Bertz CT molecular complexity index is 1070. The minimum Gasteiger partial charge on any atom is -0.453 e. The molecule has 0 unspecified atom stereocenters. The van der Waals surface area contributed by atoms with Crippen LogP contribution in [-0.2, 0) is 4.74 Å². The van der Waals surface area contributed by atoms with E-state index in [2.05, 4.69) is 10.1 Å². The highest BCUT2D eigenvalue weighted by molar-refractivity contribution is 7.14. The van der Waals surface area contributed by atoms with Gasteiger partial charge in [-0.1, -0.05) is 18.2 Å². The molecule has 0 radical (unpaired) electrons. The number of methoxy groups -OCH3 is 1. The number of anilines is 1. The minimum atomic E-state index is -0.923. The smallest absolute Gasteiger partial charge is 0.413 e. The average Bonchev–Trinajstić information content (AvgIpc) is 3.09. The van der Waals surface area contributed by atoms with E-state index in [9.17, 15) is 19.2 Å². The maximum Gasteiger partial charge on any atom is 0.413 e. The fourth-order valence-corrected chi connectivity index (χ4v) is 2.97. The number of alkyl carbamates (subject to hydrolysis) is 1. The summed E-state index contributed by atoms with van der Waals surface area (Å²) in [4.78, 5) is 47.7. The van der Waals surface area contributed by atoms with Crippen molar-refractivity contribution >= 4 is 45.2 Å². The van der Waals surface area contributed by atoms with Gasteiger partial charge < -0.3 is 14.5 Å². The van der Waals surface area contributed by atoms with Gasteiger partial charge in [-0.3, -0.25) is 14.9 Å². The molecule has 0 spiro atoms. The summed E-state index contributed by atoms with van der Waals surface area (Å²) in [5.74, 6) is -1.46. The van der Waals surface area contributed by atoms with Crippen molar-refractivity contribution in [2.45, 2.75) is 0 Å². The van der Waals surface area contributed by atoms with Gasteiger partial charge in [0.15, 0.2) is 0 Å². The molecule has 3 rings (SSSR count). The lowest BCUT2D eigenvalue weighted by Gasteiger charge is -2.06. The van der Waals surface area contributed by atoms with Gasteiger partial charge >= 0.3 is 11.7 Å². The molecule has 0 aliphatic heterocycles. The zero-order valence-corrected chi connectivity index (χ0v) is 14.2. The average molecular weight is 372 g/mol. The number of imide groups is 1. The van der Waals surface area contributed by atoms with E-state index >= 15 is 0 Å². The predicted octanol–water partition coefficient (Wildman–Crippen LogP) is 2.60. The van der Waals surface area contributed by atoms with Crippen molar-refractivity contribution in [1.82, 2.24) is 5.32 Å². The van der Waals surface area contributed by atoms with Crippen LogP contribution >= 0.6 is 11.3 Å². The molecule has 132 valence electrons. The number of para-hydroxylation sites is 1. The number of carbonyl (C=O) groups is 3. The summed E-state index contributed by atoms with van der Waals surface area (Å²) < 4.78 is 9.48. The van der Waals surface area contributed by atoms with Crippen molar-refractivity contribution in [2.75, 3.05) is 12.4 Å². The summed E-state index contributed by atoms with van der Waals surface area (Å²) in [6.45, 7) is 0. The monoisotopic (exact) mass is 372 g/mol. The Kier molecular flexibility index (Phi) is 4.81. The molecule has 2 aromatic heterocycles. The van der Waals surface area contributed by atoms with Gasteiger partial charge in [0.05, 0.1) is 12.7 Å². The van der Waals surface area contributed by atoms with Gasteiger partial charge in [0.25, 0.3) is 11.8 Å². The largest absolute Gasteiger partial charge is 0.453 e. The molecule has 1 aromatic carbocycles. The Morgan fingerprint density at radius 2 is 1.85 bits per heavy atom. The van der Waals surface area contributed by atoms with Crippen molar-refractivity contribution in [2.24, 2.45) is 0 Å². The summed E-state index contributed by atoms with van der Waals surface area (Å²) in [6, 6.07) is 9.63. The second-order valence-corrected chi connectivity index (χ2v) is 5.96. The van der Waals surface area contributed by atoms with E-state index in [1.54, 1.807) is 29.6 Å². The Hall–Kier alpha value is -3.46.